The van der Waals surface area contributed by atoms with Gasteiger partial charge in [-0.15, -0.1) is 11.8 Å². The van der Waals surface area contributed by atoms with Gasteiger partial charge in [-0.1, -0.05) is 11.2 Å². The van der Waals surface area contributed by atoms with Gasteiger partial charge in [-0.25, -0.2) is 4.39 Å². The minimum Gasteiger partial charge on any atom is -0.340 e. The topological polar surface area (TPSA) is 59.2 Å². The first kappa shape index (κ1) is 17.0. The highest BCUT2D eigenvalue weighted by Gasteiger charge is 2.28. The molecule has 1 amide bonds. The van der Waals surface area contributed by atoms with Crippen LogP contribution in [0, 0.1) is 18.7 Å². The van der Waals surface area contributed by atoms with Gasteiger partial charge in [0.1, 0.15) is 5.82 Å². The van der Waals surface area contributed by atoms with Crippen LogP contribution in [0.1, 0.15) is 34.9 Å². The Bertz CT molecular complexity index is 734. The van der Waals surface area contributed by atoms with Crippen LogP contribution in [-0.4, -0.2) is 40.3 Å². The summed E-state index contributed by atoms with van der Waals surface area (Å²) in [6.45, 7) is 3.01. The van der Waals surface area contributed by atoms with Crippen molar-refractivity contribution in [3.8, 4) is 0 Å². The summed E-state index contributed by atoms with van der Waals surface area (Å²) in [4.78, 5) is 19.5. The van der Waals surface area contributed by atoms with Crippen LogP contribution in [0.15, 0.2) is 27.6 Å². The van der Waals surface area contributed by atoms with E-state index in [4.69, 9.17) is 4.52 Å². The van der Waals surface area contributed by atoms with Crippen molar-refractivity contribution in [1.29, 1.82) is 0 Å². The normalized spacial score (nSPS) is 18.0. The number of piperidine rings is 1. The van der Waals surface area contributed by atoms with Crippen LogP contribution in [0.4, 0.5) is 4.39 Å². The predicted molar refractivity (Wildman–Crippen MR) is 89.5 cm³/mol. The molecule has 0 saturated carbocycles. The second kappa shape index (κ2) is 7.34. The zero-order valence-corrected chi connectivity index (χ0v) is 14.6. The van der Waals surface area contributed by atoms with Crippen LogP contribution in [0.2, 0.25) is 0 Å². The standard InChI is InChI=1S/C17H20FN3O2S/c1-11-19-15(20-23-11)9-12-5-4-8-21(10-12)17(22)16-13(18)6-3-7-14(16)24-2/h3,6-7,12H,4-5,8-10H2,1-2H3/t12-/m1/s1. The molecular weight excluding hydrogens is 329 g/mol. The maximum atomic E-state index is 14.2. The van der Waals surface area contributed by atoms with Crippen molar-refractivity contribution in [1.82, 2.24) is 15.0 Å². The molecule has 0 N–H and O–H groups in total. The molecule has 1 aromatic carbocycles. The Hall–Kier alpha value is -1.89. The summed E-state index contributed by atoms with van der Waals surface area (Å²) in [6, 6.07) is 4.76. The van der Waals surface area contributed by atoms with E-state index in [1.165, 1.54) is 17.8 Å². The Morgan fingerprint density at radius 2 is 2.33 bits per heavy atom. The first-order valence-corrected chi connectivity index (χ1v) is 9.22. The first-order valence-electron chi connectivity index (χ1n) is 7.99. The van der Waals surface area contributed by atoms with Gasteiger partial charge in [0.2, 0.25) is 5.89 Å². The van der Waals surface area contributed by atoms with E-state index >= 15 is 0 Å². The van der Waals surface area contributed by atoms with Gasteiger partial charge in [0.15, 0.2) is 5.82 Å². The van der Waals surface area contributed by atoms with E-state index in [9.17, 15) is 9.18 Å². The number of thioether (sulfide) groups is 1. The molecule has 0 unspecified atom stereocenters. The largest absolute Gasteiger partial charge is 0.340 e. The Balaban J connectivity index is 1.73. The molecule has 1 fully saturated rings. The summed E-state index contributed by atoms with van der Waals surface area (Å²) in [5.41, 5.74) is 0.182. The molecule has 0 bridgehead atoms. The maximum absolute atomic E-state index is 14.2. The molecular formula is C17H20FN3O2S. The molecule has 128 valence electrons. The summed E-state index contributed by atoms with van der Waals surface area (Å²) >= 11 is 1.39. The van der Waals surface area contributed by atoms with Gasteiger partial charge in [0.05, 0.1) is 5.56 Å². The molecule has 5 nitrogen and oxygen atoms in total. The van der Waals surface area contributed by atoms with Crippen molar-refractivity contribution in [2.75, 3.05) is 19.3 Å². The molecule has 2 aromatic rings. The van der Waals surface area contributed by atoms with Crippen molar-refractivity contribution in [3.05, 3.63) is 41.3 Å². The van der Waals surface area contributed by atoms with Gasteiger partial charge in [-0.05, 0) is 37.1 Å². The van der Waals surface area contributed by atoms with Crippen LogP contribution >= 0.6 is 11.8 Å². The quantitative estimate of drug-likeness (QED) is 0.793. The lowest BCUT2D eigenvalue weighted by Crippen LogP contribution is -2.41. The molecule has 1 aliphatic heterocycles. The van der Waals surface area contributed by atoms with Crippen molar-refractivity contribution >= 4 is 17.7 Å². The fourth-order valence-electron chi connectivity index (χ4n) is 3.14. The Kier molecular flexibility index (Phi) is 5.18. The monoisotopic (exact) mass is 349 g/mol. The lowest BCUT2D eigenvalue weighted by Gasteiger charge is -2.32. The molecule has 7 heteroatoms. The average molecular weight is 349 g/mol. The number of rotatable bonds is 4. The van der Waals surface area contributed by atoms with Crippen LogP contribution in [0.25, 0.3) is 0 Å². The van der Waals surface area contributed by atoms with Gasteiger partial charge < -0.3 is 9.42 Å². The summed E-state index contributed by atoms with van der Waals surface area (Å²) in [6.07, 6.45) is 4.43. The highest BCUT2D eigenvalue weighted by atomic mass is 32.2. The summed E-state index contributed by atoms with van der Waals surface area (Å²) in [7, 11) is 0. The third-order valence-corrected chi connectivity index (χ3v) is 5.04. The number of carbonyl (C=O) groups excluding carboxylic acids is 1. The van der Waals surface area contributed by atoms with E-state index < -0.39 is 5.82 Å². The van der Waals surface area contributed by atoms with Crippen LogP contribution in [0.5, 0.6) is 0 Å². The number of hydrogen-bond donors (Lipinski definition) is 0. The predicted octanol–water partition coefficient (Wildman–Crippen LogP) is 3.33. The lowest BCUT2D eigenvalue weighted by atomic mass is 9.94. The number of benzene rings is 1. The molecule has 24 heavy (non-hydrogen) atoms. The highest BCUT2D eigenvalue weighted by molar-refractivity contribution is 7.98. The van der Waals surface area contributed by atoms with Crippen molar-refractivity contribution in [2.24, 2.45) is 5.92 Å². The van der Waals surface area contributed by atoms with Crippen molar-refractivity contribution in [2.45, 2.75) is 31.1 Å². The first-order chi connectivity index (χ1) is 11.6. The molecule has 1 aromatic heterocycles. The maximum Gasteiger partial charge on any atom is 0.257 e. The van der Waals surface area contributed by atoms with Crippen LogP contribution in [0.3, 0.4) is 0 Å². The fraction of sp³-hybridized carbons (Fsp3) is 0.471. The lowest BCUT2D eigenvalue weighted by molar-refractivity contribution is 0.0663. The molecule has 0 spiro atoms. The van der Waals surface area contributed by atoms with E-state index in [0.29, 0.717) is 36.1 Å². The number of nitrogens with zero attached hydrogens (tertiary/aromatic N) is 3. The van der Waals surface area contributed by atoms with Gasteiger partial charge in [0.25, 0.3) is 5.91 Å². The van der Waals surface area contributed by atoms with Gasteiger partial charge in [0, 0.05) is 31.3 Å². The number of likely N-dealkylation sites (tertiary alicyclic amines) is 1. The summed E-state index contributed by atoms with van der Waals surface area (Å²) in [5, 5.41) is 3.93. The number of amides is 1. The van der Waals surface area contributed by atoms with Crippen molar-refractivity contribution in [3.63, 3.8) is 0 Å². The molecule has 2 heterocycles. The fourth-order valence-corrected chi connectivity index (χ4v) is 3.74. The van der Waals surface area contributed by atoms with Crippen LogP contribution in [-0.2, 0) is 6.42 Å². The molecule has 1 saturated heterocycles. The smallest absolute Gasteiger partial charge is 0.257 e. The number of aromatic nitrogens is 2. The van der Waals surface area contributed by atoms with Gasteiger partial charge in [-0.2, -0.15) is 4.98 Å². The second-order valence-electron chi connectivity index (χ2n) is 6.01. The van der Waals surface area contributed by atoms with E-state index in [-0.39, 0.29) is 17.4 Å². The van der Waals surface area contributed by atoms with E-state index in [1.807, 2.05) is 6.26 Å². The minimum atomic E-state index is -0.456. The zero-order chi connectivity index (χ0) is 17.1. The molecule has 0 aliphatic carbocycles. The number of hydrogen-bond acceptors (Lipinski definition) is 5. The number of carbonyl (C=O) groups is 1. The number of aryl methyl sites for hydroxylation is 1. The Morgan fingerprint density at radius 1 is 1.50 bits per heavy atom. The SMILES string of the molecule is CSc1cccc(F)c1C(=O)N1CCC[C@H](Cc2noc(C)n2)C1. The Labute approximate surface area is 144 Å². The number of halogens is 1. The third-order valence-electron chi connectivity index (χ3n) is 4.26. The van der Waals surface area contributed by atoms with E-state index in [0.717, 1.165) is 12.8 Å². The van der Waals surface area contributed by atoms with E-state index in [1.54, 1.807) is 24.0 Å². The molecule has 1 aliphatic rings. The second-order valence-corrected chi connectivity index (χ2v) is 6.86. The highest BCUT2D eigenvalue weighted by Crippen LogP contribution is 2.27. The summed E-state index contributed by atoms with van der Waals surface area (Å²) in [5.74, 6) is 0.797. The Morgan fingerprint density at radius 3 is 3.04 bits per heavy atom. The van der Waals surface area contributed by atoms with Gasteiger partial charge in [-0.3, -0.25) is 4.79 Å². The van der Waals surface area contributed by atoms with Crippen molar-refractivity contribution < 1.29 is 13.7 Å². The summed E-state index contributed by atoms with van der Waals surface area (Å²) < 4.78 is 19.2. The van der Waals surface area contributed by atoms with Crippen LogP contribution < -0.4 is 0 Å². The molecule has 0 radical (unpaired) electrons. The molecule has 1 atom stereocenters. The van der Waals surface area contributed by atoms with Gasteiger partial charge >= 0.3 is 0 Å². The zero-order valence-electron chi connectivity index (χ0n) is 13.8. The molecule has 3 rings (SSSR count). The third kappa shape index (κ3) is 3.61. The minimum absolute atomic E-state index is 0.182. The average Bonchev–Trinajstić information content (AvgIpc) is 2.99. The van der Waals surface area contributed by atoms with E-state index in [2.05, 4.69) is 10.1 Å².